The van der Waals surface area contributed by atoms with Crippen molar-refractivity contribution < 1.29 is 57.2 Å². The predicted molar refractivity (Wildman–Crippen MR) is 277 cm³/mol. The lowest BCUT2D eigenvalue weighted by atomic mass is 9.97. The summed E-state index contributed by atoms with van der Waals surface area (Å²) >= 11 is 0. The average molecular weight is 995 g/mol. The Kier molecular flexibility index (Phi) is 21.7. The molecule has 1 N–H and O–H groups in total. The highest BCUT2D eigenvalue weighted by Gasteiger charge is 2.50. The standard InChI is InChI=1S/C61H70O12/c1-3-4-20-34-66-61-59(71-42-49-30-18-9-19-31-49)57(69-40-47-26-14-7-15-27-47)55(67-38-45-22-10-5-11-23-45)53(73-61)44-65-37-51-33-21-32-50(35-51)36-64-43-52-54(62)56(68-39-46-24-12-6-13-25-46)58(60(63-2)72-52)70-41-48-28-16-8-17-29-48/h3,5-19,21-33,35,52-62H,1,4,20,34,36-44H2,2H3/t52-,53-,54-,55-,56+,57+,58-,59-,60+,61+/m1/s1. The fraction of sp³-hybridized carbons (Fsp3) is 0.377. The van der Waals surface area contributed by atoms with Crippen LogP contribution in [-0.2, 0) is 98.4 Å². The summed E-state index contributed by atoms with van der Waals surface area (Å²) in [5.41, 5.74) is 6.88. The second kappa shape index (κ2) is 29.5. The topological polar surface area (TPSA) is 122 Å². The fourth-order valence-corrected chi connectivity index (χ4v) is 8.96. The molecule has 0 spiro atoms. The molecule has 0 unspecified atom stereocenters. The van der Waals surface area contributed by atoms with E-state index in [0.717, 1.165) is 51.8 Å². The molecule has 0 aromatic heterocycles. The van der Waals surface area contributed by atoms with Crippen molar-refractivity contribution in [3.63, 3.8) is 0 Å². The maximum absolute atomic E-state index is 11.8. The monoisotopic (exact) mass is 994 g/mol. The van der Waals surface area contributed by atoms with Crippen LogP contribution in [0.5, 0.6) is 0 Å². The first-order valence-electron chi connectivity index (χ1n) is 25.3. The van der Waals surface area contributed by atoms with E-state index in [0.29, 0.717) is 33.0 Å². The first-order valence-corrected chi connectivity index (χ1v) is 25.3. The molecule has 0 saturated carbocycles. The molecule has 6 aromatic rings. The molecule has 10 atom stereocenters. The highest BCUT2D eigenvalue weighted by atomic mass is 16.7. The van der Waals surface area contributed by atoms with Gasteiger partial charge in [0.05, 0.1) is 66.1 Å². The number of hydrogen-bond acceptors (Lipinski definition) is 12. The van der Waals surface area contributed by atoms with Crippen molar-refractivity contribution in [3.05, 3.63) is 228 Å². The van der Waals surface area contributed by atoms with Crippen LogP contribution in [0.4, 0.5) is 0 Å². The number of hydrogen-bond donors (Lipinski definition) is 1. The van der Waals surface area contributed by atoms with Gasteiger partial charge < -0.3 is 57.2 Å². The Morgan fingerprint density at radius 3 is 1.26 bits per heavy atom. The lowest BCUT2D eigenvalue weighted by molar-refractivity contribution is -0.328. The SMILES string of the molecule is C=CCCCO[C@H]1O[C@H](COCc2cccc(COC[C@H]3O[C@H](OC)[C@H](OCc4ccccc4)[C@@H](OCc4ccccc4)[C@@H]3O)c2)[C@@H](OCc2ccccc2)[C@H](OCc2ccccc2)[C@H]1OCc1ccccc1. The number of methoxy groups -OCH3 is 1. The van der Waals surface area contributed by atoms with Gasteiger partial charge in [0.15, 0.2) is 12.6 Å². The molecule has 0 aliphatic carbocycles. The van der Waals surface area contributed by atoms with E-state index in [1.807, 2.05) is 182 Å². The van der Waals surface area contributed by atoms with Crippen molar-refractivity contribution in [2.45, 2.75) is 121 Å². The Balaban J connectivity index is 0.933. The van der Waals surface area contributed by atoms with Crippen LogP contribution in [0.3, 0.4) is 0 Å². The van der Waals surface area contributed by atoms with Crippen molar-refractivity contribution in [2.75, 3.05) is 26.9 Å². The van der Waals surface area contributed by atoms with Crippen LogP contribution in [-0.4, -0.2) is 93.4 Å². The van der Waals surface area contributed by atoms with Crippen LogP contribution >= 0.6 is 0 Å². The number of benzene rings is 6. The van der Waals surface area contributed by atoms with Gasteiger partial charge in [-0.1, -0.05) is 182 Å². The molecular formula is C61H70O12. The zero-order valence-corrected chi connectivity index (χ0v) is 41.7. The lowest BCUT2D eigenvalue weighted by Crippen LogP contribution is -2.61. The lowest BCUT2D eigenvalue weighted by Gasteiger charge is -2.46. The molecule has 0 amide bonds. The highest BCUT2D eigenvalue weighted by Crippen LogP contribution is 2.33. The van der Waals surface area contributed by atoms with Gasteiger partial charge in [0.2, 0.25) is 0 Å². The van der Waals surface area contributed by atoms with Crippen LogP contribution in [0, 0.1) is 0 Å². The Hall–Kier alpha value is -5.42. The van der Waals surface area contributed by atoms with E-state index in [9.17, 15) is 5.11 Å². The minimum atomic E-state index is -1.07. The first-order chi connectivity index (χ1) is 36.0. The van der Waals surface area contributed by atoms with Crippen molar-refractivity contribution in [3.8, 4) is 0 Å². The molecule has 0 radical (unpaired) electrons. The molecule has 73 heavy (non-hydrogen) atoms. The summed E-state index contributed by atoms with van der Waals surface area (Å²) in [7, 11) is 1.56. The van der Waals surface area contributed by atoms with Gasteiger partial charge in [-0.25, -0.2) is 0 Å². The molecular weight excluding hydrogens is 925 g/mol. The normalized spacial score (nSPS) is 24.0. The molecule has 8 rings (SSSR count). The smallest absolute Gasteiger partial charge is 0.186 e. The van der Waals surface area contributed by atoms with Crippen molar-refractivity contribution >= 4 is 0 Å². The number of allylic oxidation sites excluding steroid dienone is 1. The maximum Gasteiger partial charge on any atom is 0.186 e. The van der Waals surface area contributed by atoms with Crippen LogP contribution in [0.15, 0.2) is 189 Å². The molecule has 12 nitrogen and oxygen atoms in total. The molecule has 6 aromatic carbocycles. The van der Waals surface area contributed by atoms with Crippen LogP contribution < -0.4 is 0 Å². The van der Waals surface area contributed by atoms with Gasteiger partial charge >= 0.3 is 0 Å². The quantitative estimate of drug-likeness (QED) is 0.0356. The molecule has 0 bridgehead atoms. The third-order valence-corrected chi connectivity index (χ3v) is 12.8. The minimum absolute atomic E-state index is 0.0855. The van der Waals surface area contributed by atoms with Crippen molar-refractivity contribution in [1.82, 2.24) is 0 Å². The summed E-state index contributed by atoms with van der Waals surface area (Å²) < 4.78 is 71.4. The summed E-state index contributed by atoms with van der Waals surface area (Å²) in [6, 6.07) is 57.9. The van der Waals surface area contributed by atoms with E-state index in [-0.39, 0.29) is 33.0 Å². The first kappa shape index (κ1) is 53.9. The highest BCUT2D eigenvalue weighted by molar-refractivity contribution is 5.23. The van der Waals surface area contributed by atoms with Gasteiger partial charge in [-0.15, -0.1) is 6.58 Å². The van der Waals surface area contributed by atoms with Gasteiger partial charge in [-0.05, 0) is 51.8 Å². The number of aliphatic hydroxyl groups excluding tert-OH is 1. The Labute approximate surface area is 430 Å². The van der Waals surface area contributed by atoms with Gasteiger partial charge in [-0.2, -0.15) is 0 Å². The largest absolute Gasteiger partial charge is 0.387 e. The third kappa shape index (κ3) is 16.5. The Morgan fingerprint density at radius 2 is 0.808 bits per heavy atom. The number of unbranched alkanes of at least 4 members (excludes halogenated alkanes) is 1. The number of ether oxygens (including phenoxy) is 11. The fourth-order valence-electron chi connectivity index (χ4n) is 8.96. The molecule has 2 heterocycles. The van der Waals surface area contributed by atoms with Gasteiger partial charge in [0.1, 0.15) is 48.8 Å². The van der Waals surface area contributed by atoms with E-state index < -0.39 is 61.4 Å². The third-order valence-electron chi connectivity index (χ3n) is 12.8. The number of aliphatic hydroxyl groups is 1. The van der Waals surface area contributed by atoms with Gasteiger partial charge in [0, 0.05) is 7.11 Å². The second-order valence-corrected chi connectivity index (χ2v) is 18.3. The van der Waals surface area contributed by atoms with Crippen LogP contribution in [0.1, 0.15) is 51.8 Å². The summed E-state index contributed by atoms with van der Waals surface area (Å²) in [5, 5.41) is 11.8. The predicted octanol–water partition coefficient (Wildman–Crippen LogP) is 10.1. The van der Waals surface area contributed by atoms with E-state index in [4.69, 9.17) is 52.1 Å². The zero-order valence-electron chi connectivity index (χ0n) is 41.7. The van der Waals surface area contributed by atoms with E-state index in [2.05, 4.69) is 6.58 Å². The van der Waals surface area contributed by atoms with Gasteiger partial charge in [0.25, 0.3) is 0 Å². The molecule has 12 heteroatoms. The molecule has 2 fully saturated rings. The second-order valence-electron chi connectivity index (χ2n) is 18.3. The molecule has 2 saturated heterocycles. The Bertz CT molecular complexity index is 2430. The van der Waals surface area contributed by atoms with Crippen LogP contribution in [0.25, 0.3) is 0 Å². The molecule has 2 aliphatic rings. The van der Waals surface area contributed by atoms with Gasteiger partial charge in [-0.3, -0.25) is 0 Å². The average Bonchev–Trinajstić information content (AvgIpc) is 3.44. The van der Waals surface area contributed by atoms with Crippen LogP contribution in [0.2, 0.25) is 0 Å². The van der Waals surface area contributed by atoms with Crippen molar-refractivity contribution in [2.24, 2.45) is 0 Å². The zero-order chi connectivity index (χ0) is 50.3. The van der Waals surface area contributed by atoms with Crippen molar-refractivity contribution in [1.29, 1.82) is 0 Å². The van der Waals surface area contributed by atoms with E-state index in [1.54, 1.807) is 7.11 Å². The number of rotatable bonds is 29. The summed E-state index contributed by atoms with van der Waals surface area (Å²) in [6.45, 7) is 6.72. The van der Waals surface area contributed by atoms with E-state index >= 15 is 0 Å². The molecule has 386 valence electrons. The summed E-state index contributed by atoms with van der Waals surface area (Å²) in [4.78, 5) is 0. The maximum atomic E-state index is 11.8. The molecule has 2 aliphatic heterocycles. The minimum Gasteiger partial charge on any atom is -0.387 e. The Morgan fingerprint density at radius 1 is 0.425 bits per heavy atom. The summed E-state index contributed by atoms with van der Waals surface area (Å²) in [5.74, 6) is 0. The van der Waals surface area contributed by atoms with E-state index in [1.165, 1.54) is 0 Å². The summed E-state index contributed by atoms with van der Waals surface area (Å²) in [6.07, 6.45) is -3.81.